The standard InChI is InChI=1S/C34H50O6S/c1-4-27(41(38,39)28-16-9-6-10-17-28)23-34-22-25(13-11-12-18-32(36)40-3)21-30(34)29(31(35)24-34)19-20-33(2,37)26-14-7-5-8-15-26/h6,9-10,16-17,19-20,22,26-27,29-31,35,37H,4-5,7-8,11-15,18,21,23-24H2,1-3H3/b20-19+/t27?,29-,30-,31+,33+,34-/m0/s1. The van der Waals surface area contributed by atoms with E-state index in [4.69, 9.17) is 4.74 Å². The van der Waals surface area contributed by atoms with Crippen LogP contribution in [-0.4, -0.2) is 48.7 Å². The number of carbonyl (C=O) groups excluding carboxylic acids is 1. The van der Waals surface area contributed by atoms with Gasteiger partial charge in [-0.3, -0.25) is 4.79 Å². The van der Waals surface area contributed by atoms with E-state index in [9.17, 15) is 23.4 Å². The fourth-order valence-electron chi connectivity index (χ4n) is 7.86. The first-order valence-electron chi connectivity index (χ1n) is 15.7. The van der Waals surface area contributed by atoms with Crippen molar-refractivity contribution < 1.29 is 28.2 Å². The lowest BCUT2D eigenvalue weighted by molar-refractivity contribution is -0.140. The molecular weight excluding hydrogens is 536 g/mol. The van der Waals surface area contributed by atoms with Gasteiger partial charge in [0.2, 0.25) is 0 Å². The van der Waals surface area contributed by atoms with Crippen molar-refractivity contribution in [2.75, 3.05) is 7.11 Å². The van der Waals surface area contributed by atoms with Crippen LogP contribution in [0.4, 0.5) is 0 Å². The number of carbonyl (C=O) groups is 1. The van der Waals surface area contributed by atoms with Crippen molar-refractivity contribution in [2.24, 2.45) is 23.2 Å². The van der Waals surface area contributed by atoms with E-state index >= 15 is 0 Å². The van der Waals surface area contributed by atoms with Gasteiger partial charge in [0.15, 0.2) is 9.84 Å². The van der Waals surface area contributed by atoms with E-state index < -0.39 is 32.2 Å². The molecule has 2 N–H and O–H groups in total. The SMILES string of the molecule is CCC(C[C@]12C=C(CCCCC(=O)OC)C[C@H]1[C@H](/C=C/[C@@](C)(O)C1CCCCC1)[C@H](O)C2)S(=O)(=O)c1ccccc1. The molecule has 6 nitrogen and oxygen atoms in total. The Morgan fingerprint density at radius 2 is 1.88 bits per heavy atom. The molecule has 4 rings (SSSR count). The van der Waals surface area contributed by atoms with Gasteiger partial charge in [0, 0.05) is 12.3 Å². The number of aliphatic hydroxyl groups is 2. The molecule has 0 saturated heterocycles. The maximum atomic E-state index is 13.7. The second kappa shape index (κ2) is 13.6. The Morgan fingerprint density at radius 1 is 1.17 bits per heavy atom. The fourth-order valence-corrected chi connectivity index (χ4v) is 9.75. The number of allylic oxidation sites excluding steroid dienone is 2. The van der Waals surface area contributed by atoms with Gasteiger partial charge < -0.3 is 14.9 Å². The highest BCUT2D eigenvalue weighted by Crippen LogP contribution is 2.59. The lowest BCUT2D eigenvalue weighted by atomic mass is 9.73. The molecule has 7 heteroatoms. The number of methoxy groups -OCH3 is 1. The molecule has 0 bridgehead atoms. The number of sulfone groups is 1. The molecule has 41 heavy (non-hydrogen) atoms. The number of aliphatic hydroxyl groups excluding tert-OH is 1. The molecule has 0 heterocycles. The minimum absolute atomic E-state index is 0.0755. The van der Waals surface area contributed by atoms with Crippen LogP contribution in [-0.2, 0) is 19.4 Å². The van der Waals surface area contributed by atoms with E-state index in [1.807, 2.05) is 32.1 Å². The Labute approximate surface area is 247 Å². The van der Waals surface area contributed by atoms with Crippen LogP contribution in [0, 0.1) is 23.2 Å². The zero-order valence-corrected chi connectivity index (χ0v) is 26.0. The number of esters is 1. The highest BCUT2D eigenvalue weighted by atomic mass is 32.2. The van der Waals surface area contributed by atoms with Crippen molar-refractivity contribution in [3.63, 3.8) is 0 Å². The highest BCUT2D eigenvalue weighted by molar-refractivity contribution is 7.92. The van der Waals surface area contributed by atoms with Crippen molar-refractivity contribution in [1.29, 1.82) is 0 Å². The Balaban J connectivity index is 1.59. The smallest absolute Gasteiger partial charge is 0.305 e. The van der Waals surface area contributed by atoms with E-state index in [0.717, 1.165) is 51.4 Å². The van der Waals surface area contributed by atoms with Crippen molar-refractivity contribution in [1.82, 2.24) is 0 Å². The molecule has 0 radical (unpaired) electrons. The number of ether oxygens (including phenoxy) is 1. The van der Waals surface area contributed by atoms with Gasteiger partial charge >= 0.3 is 5.97 Å². The Morgan fingerprint density at radius 3 is 2.54 bits per heavy atom. The van der Waals surface area contributed by atoms with Gasteiger partial charge in [0.1, 0.15) is 0 Å². The zero-order chi connectivity index (χ0) is 29.7. The number of hydrogen-bond donors (Lipinski definition) is 2. The molecular formula is C34H50O6S. The maximum Gasteiger partial charge on any atom is 0.305 e. The monoisotopic (exact) mass is 586 g/mol. The van der Waals surface area contributed by atoms with Gasteiger partial charge in [-0.2, -0.15) is 0 Å². The third-order valence-corrected chi connectivity index (χ3v) is 12.5. The minimum Gasteiger partial charge on any atom is -0.469 e. The van der Waals surface area contributed by atoms with Crippen LogP contribution in [0.25, 0.3) is 0 Å². The molecule has 3 aliphatic rings. The Hall–Kier alpha value is -1.96. The summed E-state index contributed by atoms with van der Waals surface area (Å²) in [5.74, 6) is -0.0466. The lowest BCUT2D eigenvalue weighted by Gasteiger charge is -2.35. The number of unbranched alkanes of at least 4 members (excludes halogenated alkanes) is 1. The van der Waals surface area contributed by atoms with Gasteiger partial charge in [-0.25, -0.2) is 8.42 Å². The maximum absolute atomic E-state index is 13.7. The van der Waals surface area contributed by atoms with E-state index in [1.54, 1.807) is 24.3 Å². The topological polar surface area (TPSA) is 101 Å². The molecule has 3 aliphatic carbocycles. The second-order valence-electron chi connectivity index (χ2n) is 13.0. The second-order valence-corrected chi connectivity index (χ2v) is 15.2. The van der Waals surface area contributed by atoms with Gasteiger partial charge in [-0.05, 0) is 94.1 Å². The van der Waals surface area contributed by atoms with Crippen LogP contribution >= 0.6 is 0 Å². The predicted octanol–water partition coefficient (Wildman–Crippen LogP) is 6.56. The lowest BCUT2D eigenvalue weighted by Crippen LogP contribution is -2.34. The normalized spacial score (nSPS) is 29.2. The molecule has 2 saturated carbocycles. The van der Waals surface area contributed by atoms with E-state index in [0.29, 0.717) is 30.6 Å². The van der Waals surface area contributed by atoms with Gasteiger partial charge in [0.05, 0.1) is 29.0 Å². The van der Waals surface area contributed by atoms with Crippen LogP contribution in [0.3, 0.4) is 0 Å². The predicted molar refractivity (Wildman–Crippen MR) is 162 cm³/mol. The largest absolute Gasteiger partial charge is 0.469 e. The number of hydrogen-bond acceptors (Lipinski definition) is 6. The summed E-state index contributed by atoms with van der Waals surface area (Å²) in [7, 11) is -2.13. The fraction of sp³-hybridized carbons (Fsp3) is 0.676. The number of benzene rings is 1. The van der Waals surface area contributed by atoms with Gasteiger partial charge in [0.25, 0.3) is 0 Å². The van der Waals surface area contributed by atoms with Crippen molar-refractivity contribution in [2.45, 2.75) is 119 Å². The summed E-state index contributed by atoms with van der Waals surface area (Å²) in [5, 5.41) is 22.2. The first kappa shape index (κ1) is 32.0. The van der Waals surface area contributed by atoms with Crippen LogP contribution in [0.2, 0.25) is 0 Å². The summed E-state index contributed by atoms with van der Waals surface area (Å²) in [4.78, 5) is 11.9. The van der Waals surface area contributed by atoms with Crippen LogP contribution in [0.15, 0.2) is 59.0 Å². The zero-order valence-electron chi connectivity index (χ0n) is 25.1. The Bertz CT molecular complexity index is 1180. The quantitative estimate of drug-likeness (QED) is 0.154. The third-order valence-electron chi connectivity index (χ3n) is 10.2. The highest BCUT2D eigenvalue weighted by Gasteiger charge is 2.55. The summed E-state index contributed by atoms with van der Waals surface area (Å²) in [6.45, 7) is 3.83. The summed E-state index contributed by atoms with van der Waals surface area (Å²) in [5.41, 5.74) is -0.0570. The summed E-state index contributed by atoms with van der Waals surface area (Å²) in [6.07, 6.45) is 16.4. The molecule has 0 aliphatic heterocycles. The van der Waals surface area contributed by atoms with E-state index in [-0.39, 0.29) is 23.7 Å². The van der Waals surface area contributed by atoms with Crippen LogP contribution in [0.5, 0.6) is 0 Å². The molecule has 2 fully saturated rings. The van der Waals surface area contributed by atoms with Crippen molar-refractivity contribution >= 4 is 15.8 Å². The summed E-state index contributed by atoms with van der Waals surface area (Å²) in [6, 6.07) is 8.70. The van der Waals surface area contributed by atoms with Gasteiger partial charge in [-0.1, -0.05) is 68.2 Å². The Kier molecular flexibility index (Phi) is 10.6. The van der Waals surface area contributed by atoms with Gasteiger partial charge in [-0.15, -0.1) is 0 Å². The molecule has 0 spiro atoms. The first-order chi connectivity index (χ1) is 19.5. The first-order valence-corrected chi connectivity index (χ1v) is 17.2. The van der Waals surface area contributed by atoms with Crippen LogP contribution < -0.4 is 0 Å². The summed E-state index contributed by atoms with van der Waals surface area (Å²) < 4.78 is 32.3. The molecule has 1 aromatic rings. The number of fused-ring (bicyclic) bond motifs is 1. The molecule has 1 aromatic carbocycles. The summed E-state index contributed by atoms with van der Waals surface area (Å²) >= 11 is 0. The average Bonchev–Trinajstić information content (AvgIpc) is 3.44. The van der Waals surface area contributed by atoms with E-state index in [2.05, 4.69) is 6.08 Å². The molecule has 228 valence electrons. The molecule has 0 amide bonds. The minimum atomic E-state index is -3.54. The molecule has 0 aromatic heterocycles. The average molecular weight is 587 g/mol. The number of rotatable bonds is 13. The van der Waals surface area contributed by atoms with Crippen molar-refractivity contribution in [3.05, 3.63) is 54.1 Å². The molecule has 6 atom stereocenters. The molecule has 1 unspecified atom stereocenters. The van der Waals surface area contributed by atoms with Crippen molar-refractivity contribution in [3.8, 4) is 0 Å². The van der Waals surface area contributed by atoms with Crippen LogP contribution in [0.1, 0.15) is 97.3 Å². The third kappa shape index (κ3) is 7.34. The van der Waals surface area contributed by atoms with E-state index in [1.165, 1.54) is 19.1 Å².